The van der Waals surface area contributed by atoms with Crippen molar-refractivity contribution in [2.45, 2.75) is 205 Å². The third-order valence-electron chi connectivity index (χ3n) is 7.94. The van der Waals surface area contributed by atoms with E-state index in [2.05, 4.69) is 36.9 Å². The second-order valence-corrected chi connectivity index (χ2v) is 27.3. The zero-order valence-corrected chi connectivity index (χ0v) is 42.7. The summed E-state index contributed by atoms with van der Waals surface area (Å²) in [5.41, 5.74) is -2.78. The first-order chi connectivity index (χ1) is 25.5. The van der Waals surface area contributed by atoms with Crippen LogP contribution >= 0.6 is 0 Å². The van der Waals surface area contributed by atoms with Crippen molar-refractivity contribution in [2.24, 2.45) is 21.7 Å². The minimum atomic E-state index is -3.35. The minimum absolute atomic E-state index is 0.0259. The standard InChI is InChI=1S/C11H19N3O.C11H23NO3S.C11H19NO.C10H21NO3S/c1-10(2,3)9(15)8-7-14(13-12-8)11(4,5)6;1-9(2,3)11(7-15-11)8-16(13,14)12-10(4,5)6;1-10(2,3)8-7-9(13)12-11(4,5)6;1-9(2,3)7-8(14-7)15(12,13)11-10(4,5)6/h7H,1-6H3;12H,7-8H2,1-6H3;1-6H3,(H,12,13);7-8,11H,1-6H3. The number of sulfonamides is 2. The van der Waals surface area contributed by atoms with Crippen LogP contribution in [0.1, 0.15) is 177 Å². The van der Waals surface area contributed by atoms with Crippen molar-refractivity contribution in [3.05, 3.63) is 11.9 Å². The topological polar surface area (TPSA) is 194 Å². The van der Waals surface area contributed by atoms with Gasteiger partial charge in [0.2, 0.25) is 20.0 Å². The number of nitrogens with zero attached hydrogens (tertiary/aromatic N) is 3. The van der Waals surface area contributed by atoms with Gasteiger partial charge in [-0.3, -0.25) is 9.59 Å². The van der Waals surface area contributed by atoms with Crippen LogP contribution in [0.15, 0.2) is 6.20 Å². The molecular formula is C43H82N6O8S2. The van der Waals surface area contributed by atoms with Crippen LogP contribution in [0.5, 0.6) is 0 Å². The summed E-state index contributed by atoms with van der Waals surface area (Å²) in [6.07, 6.45) is 1.52. The summed E-state index contributed by atoms with van der Waals surface area (Å²) in [7, 11) is -6.64. The number of nitrogens with one attached hydrogen (secondary N) is 3. The highest BCUT2D eigenvalue weighted by atomic mass is 32.2. The van der Waals surface area contributed by atoms with E-state index in [4.69, 9.17) is 9.47 Å². The first-order valence-corrected chi connectivity index (χ1v) is 23.4. The molecule has 1 amide bonds. The molecule has 3 N–H and O–H groups in total. The second kappa shape index (κ2) is 18.9. The molecule has 2 saturated heterocycles. The van der Waals surface area contributed by atoms with Crippen molar-refractivity contribution in [1.29, 1.82) is 0 Å². The minimum Gasteiger partial charge on any atom is -0.368 e. The number of Topliss-reactive ketones (excluding diaryl/α,β-unsaturated/α-hetero) is 1. The van der Waals surface area contributed by atoms with Gasteiger partial charge in [-0.15, -0.1) is 5.10 Å². The molecule has 2 aliphatic heterocycles. The fraction of sp³-hybridized carbons (Fsp3) is 0.860. The molecule has 14 nitrogen and oxygen atoms in total. The molecule has 3 unspecified atom stereocenters. The van der Waals surface area contributed by atoms with Gasteiger partial charge in [0.25, 0.3) is 5.91 Å². The fourth-order valence-corrected chi connectivity index (χ4v) is 8.95. The molecule has 3 atom stereocenters. The van der Waals surface area contributed by atoms with Gasteiger partial charge in [0.15, 0.2) is 11.2 Å². The third-order valence-corrected chi connectivity index (χ3v) is 11.6. The molecule has 0 bridgehead atoms. The second-order valence-electron chi connectivity index (χ2n) is 23.8. The number of aromatic nitrogens is 3. The Bertz CT molecular complexity index is 1850. The van der Waals surface area contributed by atoms with Crippen LogP contribution < -0.4 is 14.8 Å². The highest BCUT2D eigenvalue weighted by Gasteiger charge is 2.57. The lowest BCUT2D eigenvalue weighted by Crippen LogP contribution is -2.47. The number of carbonyl (C=O) groups is 2. The smallest absolute Gasteiger partial charge is 0.296 e. The number of rotatable bonds is 6. The Kier molecular flexibility index (Phi) is 18.1. The molecule has 3 heterocycles. The van der Waals surface area contributed by atoms with Crippen LogP contribution in [-0.2, 0) is 39.9 Å². The van der Waals surface area contributed by atoms with E-state index in [-0.39, 0.29) is 50.9 Å². The summed E-state index contributed by atoms with van der Waals surface area (Å²) < 4.78 is 65.2. The maximum atomic E-state index is 12.0. The molecule has 59 heavy (non-hydrogen) atoms. The van der Waals surface area contributed by atoms with Crippen molar-refractivity contribution >= 4 is 31.7 Å². The van der Waals surface area contributed by atoms with Crippen LogP contribution in [-0.4, -0.2) is 89.6 Å². The van der Waals surface area contributed by atoms with E-state index < -0.39 is 47.6 Å². The Morgan fingerprint density at radius 2 is 1.22 bits per heavy atom. The largest absolute Gasteiger partial charge is 0.368 e. The molecule has 0 radical (unpaired) electrons. The van der Waals surface area contributed by atoms with Gasteiger partial charge < -0.3 is 14.8 Å². The van der Waals surface area contributed by atoms with Gasteiger partial charge >= 0.3 is 0 Å². The molecule has 3 rings (SSSR count). The monoisotopic (exact) mass is 875 g/mol. The number of hydrogen-bond acceptors (Lipinski definition) is 10. The quantitative estimate of drug-likeness (QED) is 0.149. The van der Waals surface area contributed by atoms with E-state index >= 15 is 0 Å². The molecule has 0 aliphatic carbocycles. The van der Waals surface area contributed by atoms with Gasteiger partial charge in [-0.2, -0.15) is 0 Å². The normalized spacial score (nSPS) is 20.2. The molecular weight excluding hydrogens is 793 g/mol. The number of amides is 1. The SMILES string of the molecule is CC(C)(C)C#CC(=O)NC(C)(C)C.CC(C)(C)C(=O)c1cn(C(C)(C)C)nn1.CC(C)(C)NS(=O)(=O)C1OC1C(C)(C)C.CC(C)(C)NS(=O)(=O)CC1(C(C)(C)C)CO1. The Morgan fingerprint density at radius 3 is 1.51 bits per heavy atom. The predicted octanol–water partition coefficient (Wildman–Crippen LogP) is 7.21. The van der Waals surface area contributed by atoms with Crippen molar-refractivity contribution in [3.8, 4) is 11.8 Å². The molecule has 2 fully saturated rings. The molecule has 0 aromatic carbocycles. The van der Waals surface area contributed by atoms with Gasteiger partial charge in [0.1, 0.15) is 17.4 Å². The van der Waals surface area contributed by atoms with Gasteiger partial charge in [-0.1, -0.05) is 73.4 Å². The van der Waals surface area contributed by atoms with Gasteiger partial charge in [-0.05, 0) is 121 Å². The van der Waals surface area contributed by atoms with Crippen LogP contribution in [0, 0.1) is 33.5 Å². The number of hydrogen-bond donors (Lipinski definition) is 3. The van der Waals surface area contributed by atoms with Crippen molar-refractivity contribution < 1.29 is 35.9 Å². The Labute approximate surface area is 359 Å². The van der Waals surface area contributed by atoms with Gasteiger partial charge in [0, 0.05) is 27.4 Å². The summed E-state index contributed by atoms with van der Waals surface area (Å²) in [5, 5.41) is 10.7. The fourth-order valence-electron chi connectivity index (χ4n) is 4.76. The lowest BCUT2D eigenvalue weighted by Gasteiger charge is -2.29. The van der Waals surface area contributed by atoms with Crippen molar-refractivity contribution in [1.82, 2.24) is 29.8 Å². The molecule has 2 aliphatic rings. The van der Waals surface area contributed by atoms with Crippen LogP contribution in [0.2, 0.25) is 0 Å². The Hall–Kier alpha value is -2.42. The molecule has 1 aromatic rings. The number of carbonyl (C=O) groups excluding carboxylic acids is 2. The predicted molar refractivity (Wildman–Crippen MR) is 239 cm³/mol. The summed E-state index contributed by atoms with van der Waals surface area (Å²) in [5.74, 6) is 5.32. The van der Waals surface area contributed by atoms with Gasteiger partial charge in [-0.25, -0.2) is 31.0 Å². The number of ketones is 1. The lowest BCUT2D eigenvalue weighted by atomic mass is 9.82. The molecule has 344 valence electrons. The Balaban J connectivity index is 0.000000763. The maximum absolute atomic E-state index is 12.0. The zero-order chi connectivity index (χ0) is 47.4. The zero-order valence-electron chi connectivity index (χ0n) is 41.1. The summed E-state index contributed by atoms with van der Waals surface area (Å²) >= 11 is 0. The van der Waals surface area contributed by atoms with E-state index in [9.17, 15) is 26.4 Å². The van der Waals surface area contributed by atoms with E-state index in [1.807, 2.05) is 166 Å². The highest BCUT2D eigenvalue weighted by molar-refractivity contribution is 7.90. The molecule has 16 heteroatoms. The van der Waals surface area contributed by atoms with Crippen LogP contribution in [0.4, 0.5) is 0 Å². The molecule has 0 spiro atoms. The number of epoxide rings is 2. The van der Waals surface area contributed by atoms with Crippen molar-refractivity contribution in [3.63, 3.8) is 0 Å². The van der Waals surface area contributed by atoms with Crippen molar-refractivity contribution in [2.75, 3.05) is 12.4 Å². The van der Waals surface area contributed by atoms with Gasteiger partial charge in [0.05, 0.1) is 24.1 Å². The van der Waals surface area contributed by atoms with E-state index in [0.717, 1.165) is 0 Å². The van der Waals surface area contributed by atoms with E-state index in [1.54, 1.807) is 10.9 Å². The first kappa shape index (κ1) is 56.6. The number of ether oxygens (including phenoxy) is 2. The molecule has 1 aromatic heterocycles. The highest BCUT2D eigenvalue weighted by Crippen LogP contribution is 2.45. The average molecular weight is 875 g/mol. The van der Waals surface area contributed by atoms with Crippen LogP contribution in [0.3, 0.4) is 0 Å². The third kappa shape index (κ3) is 22.8. The first-order valence-electron chi connectivity index (χ1n) is 20.2. The summed E-state index contributed by atoms with van der Waals surface area (Å²) in [6.45, 7) is 46.9. The Morgan fingerprint density at radius 1 is 0.763 bits per heavy atom. The average Bonchev–Trinajstić information content (AvgIpc) is 3.83. The van der Waals surface area contributed by atoms with Crippen LogP contribution in [0.25, 0.3) is 0 Å². The summed E-state index contributed by atoms with van der Waals surface area (Å²) in [4.78, 5) is 23.1. The maximum Gasteiger partial charge on any atom is 0.296 e. The summed E-state index contributed by atoms with van der Waals surface area (Å²) in [6, 6.07) is 0. The lowest BCUT2D eigenvalue weighted by molar-refractivity contribution is -0.117. The molecule has 0 saturated carbocycles. The van der Waals surface area contributed by atoms with E-state index in [1.165, 1.54) is 0 Å². The van der Waals surface area contributed by atoms with E-state index in [0.29, 0.717) is 12.3 Å².